The lowest BCUT2D eigenvalue weighted by atomic mass is 10.4. The molecule has 1 rings (SSSR count). The molecule has 0 radical (unpaired) electrons. The molecule has 0 aromatic carbocycles. The Morgan fingerprint density at radius 2 is 2.06 bits per heavy atom. The van der Waals surface area contributed by atoms with E-state index in [9.17, 15) is 9.59 Å². The van der Waals surface area contributed by atoms with Gasteiger partial charge in [-0.2, -0.15) is 0 Å². The number of hydrogen-bond acceptors (Lipinski definition) is 7. The second-order valence-corrected chi connectivity index (χ2v) is 4.10. The predicted octanol–water partition coefficient (Wildman–Crippen LogP) is 1.68. The fraction of sp³-hybridized carbons (Fsp3) is 0.545. The predicted molar refractivity (Wildman–Crippen MR) is 67.8 cm³/mol. The number of rotatable bonds is 7. The molecule has 1 aromatic heterocycles. The van der Waals surface area contributed by atoms with E-state index in [0.29, 0.717) is 24.9 Å². The average molecular weight is 272 g/mol. The number of thiazole rings is 1. The SMILES string of the molecule is CCOC(=O)CCNc1nc(C(=O)OCC)cs1. The van der Waals surface area contributed by atoms with Gasteiger partial charge in [0.2, 0.25) is 0 Å². The molecule has 0 amide bonds. The Labute approximate surface area is 109 Å². The van der Waals surface area contributed by atoms with Crippen molar-refractivity contribution in [2.75, 3.05) is 25.1 Å². The fourth-order valence-corrected chi connectivity index (χ4v) is 1.87. The van der Waals surface area contributed by atoms with Crippen molar-refractivity contribution in [2.24, 2.45) is 0 Å². The van der Waals surface area contributed by atoms with Crippen molar-refractivity contribution in [1.82, 2.24) is 4.98 Å². The molecule has 0 saturated heterocycles. The lowest BCUT2D eigenvalue weighted by Gasteiger charge is -2.02. The highest BCUT2D eigenvalue weighted by molar-refractivity contribution is 7.13. The molecule has 1 heterocycles. The monoisotopic (exact) mass is 272 g/mol. The van der Waals surface area contributed by atoms with Crippen LogP contribution >= 0.6 is 11.3 Å². The van der Waals surface area contributed by atoms with E-state index in [1.54, 1.807) is 19.2 Å². The van der Waals surface area contributed by atoms with E-state index in [-0.39, 0.29) is 18.1 Å². The van der Waals surface area contributed by atoms with Crippen LogP contribution in [0.4, 0.5) is 5.13 Å². The van der Waals surface area contributed by atoms with E-state index in [1.807, 2.05) is 0 Å². The van der Waals surface area contributed by atoms with E-state index in [0.717, 1.165) is 0 Å². The number of nitrogens with zero attached hydrogens (tertiary/aromatic N) is 1. The van der Waals surface area contributed by atoms with Crippen LogP contribution in [0.5, 0.6) is 0 Å². The summed E-state index contributed by atoms with van der Waals surface area (Å²) in [5, 5.41) is 5.15. The largest absolute Gasteiger partial charge is 0.466 e. The van der Waals surface area contributed by atoms with Gasteiger partial charge in [0.1, 0.15) is 0 Å². The maximum absolute atomic E-state index is 11.3. The maximum Gasteiger partial charge on any atom is 0.357 e. The minimum atomic E-state index is -0.438. The van der Waals surface area contributed by atoms with Crippen LogP contribution in [0.15, 0.2) is 5.38 Å². The Balaban J connectivity index is 2.35. The van der Waals surface area contributed by atoms with Gasteiger partial charge in [0.05, 0.1) is 19.6 Å². The van der Waals surface area contributed by atoms with Crippen LogP contribution in [0.2, 0.25) is 0 Å². The number of esters is 2. The topological polar surface area (TPSA) is 77.5 Å². The summed E-state index contributed by atoms with van der Waals surface area (Å²) in [7, 11) is 0. The number of aromatic nitrogens is 1. The summed E-state index contributed by atoms with van der Waals surface area (Å²) in [6, 6.07) is 0. The summed E-state index contributed by atoms with van der Waals surface area (Å²) in [6.07, 6.45) is 0.266. The van der Waals surface area contributed by atoms with Gasteiger partial charge in [0.15, 0.2) is 10.8 Å². The molecule has 0 spiro atoms. The van der Waals surface area contributed by atoms with Crippen LogP contribution in [0.1, 0.15) is 30.8 Å². The van der Waals surface area contributed by atoms with Crippen molar-refractivity contribution >= 4 is 28.4 Å². The third kappa shape index (κ3) is 4.70. The first-order chi connectivity index (χ1) is 8.67. The number of nitrogens with one attached hydrogen (secondary N) is 1. The summed E-state index contributed by atoms with van der Waals surface area (Å²) >= 11 is 1.29. The van der Waals surface area contributed by atoms with Gasteiger partial charge in [-0.1, -0.05) is 0 Å². The molecular weight excluding hydrogens is 256 g/mol. The van der Waals surface area contributed by atoms with Gasteiger partial charge in [-0.15, -0.1) is 11.3 Å². The average Bonchev–Trinajstić information content (AvgIpc) is 2.78. The van der Waals surface area contributed by atoms with Crippen LogP contribution < -0.4 is 5.32 Å². The summed E-state index contributed by atoms with van der Waals surface area (Å²) in [6.45, 7) is 4.63. The summed E-state index contributed by atoms with van der Waals surface area (Å²) < 4.78 is 9.60. The highest BCUT2D eigenvalue weighted by Crippen LogP contribution is 2.15. The van der Waals surface area contributed by atoms with E-state index < -0.39 is 5.97 Å². The third-order valence-electron chi connectivity index (χ3n) is 1.90. The highest BCUT2D eigenvalue weighted by atomic mass is 32.1. The van der Waals surface area contributed by atoms with E-state index in [1.165, 1.54) is 11.3 Å². The first-order valence-electron chi connectivity index (χ1n) is 5.69. The summed E-state index contributed by atoms with van der Waals surface area (Å²) in [5.74, 6) is -0.695. The smallest absolute Gasteiger partial charge is 0.357 e. The normalized spacial score (nSPS) is 9.89. The molecular formula is C11H16N2O4S. The lowest BCUT2D eigenvalue weighted by molar-refractivity contribution is -0.142. The van der Waals surface area contributed by atoms with Gasteiger partial charge < -0.3 is 14.8 Å². The summed E-state index contributed by atoms with van der Waals surface area (Å²) in [5.41, 5.74) is 0.278. The third-order valence-corrected chi connectivity index (χ3v) is 2.70. The second kappa shape index (κ2) is 7.65. The molecule has 6 nitrogen and oxygen atoms in total. The van der Waals surface area contributed by atoms with E-state index in [2.05, 4.69) is 10.3 Å². The zero-order chi connectivity index (χ0) is 13.4. The van der Waals surface area contributed by atoms with Crippen molar-refractivity contribution in [2.45, 2.75) is 20.3 Å². The first kappa shape index (κ1) is 14.4. The van der Waals surface area contributed by atoms with Crippen molar-refractivity contribution in [3.8, 4) is 0 Å². The molecule has 100 valence electrons. The van der Waals surface area contributed by atoms with E-state index in [4.69, 9.17) is 9.47 Å². The molecule has 7 heteroatoms. The minimum Gasteiger partial charge on any atom is -0.466 e. The van der Waals surface area contributed by atoms with Gasteiger partial charge in [0, 0.05) is 11.9 Å². The maximum atomic E-state index is 11.3. The number of carbonyl (C=O) groups is 2. The first-order valence-corrected chi connectivity index (χ1v) is 6.57. The fourth-order valence-electron chi connectivity index (χ4n) is 1.16. The molecule has 0 aliphatic heterocycles. The van der Waals surface area contributed by atoms with E-state index >= 15 is 0 Å². The number of hydrogen-bond donors (Lipinski definition) is 1. The molecule has 0 aliphatic carbocycles. The van der Waals surface area contributed by atoms with Gasteiger partial charge in [-0.25, -0.2) is 9.78 Å². The van der Waals surface area contributed by atoms with Crippen LogP contribution in [0.25, 0.3) is 0 Å². The van der Waals surface area contributed by atoms with Crippen molar-refractivity contribution in [3.63, 3.8) is 0 Å². The van der Waals surface area contributed by atoms with Crippen molar-refractivity contribution in [3.05, 3.63) is 11.1 Å². The van der Waals surface area contributed by atoms with Crippen LogP contribution in [-0.2, 0) is 14.3 Å². The molecule has 1 aromatic rings. The second-order valence-electron chi connectivity index (χ2n) is 3.24. The Morgan fingerprint density at radius 3 is 2.72 bits per heavy atom. The standard InChI is InChI=1S/C11H16N2O4S/c1-3-16-9(14)5-6-12-11-13-8(7-18-11)10(15)17-4-2/h7H,3-6H2,1-2H3,(H,12,13). The van der Waals surface area contributed by atoms with Crippen LogP contribution in [0.3, 0.4) is 0 Å². The Bertz CT molecular complexity index is 406. The molecule has 0 aliphatic rings. The number of carbonyl (C=O) groups excluding carboxylic acids is 2. The number of anilines is 1. The molecule has 0 bridgehead atoms. The lowest BCUT2D eigenvalue weighted by Crippen LogP contribution is -2.11. The molecule has 0 atom stereocenters. The summed E-state index contributed by atoms with van der Waals surface area (Å²) in [4.78, 5) is 26.5. The Hall–Kier alpha value is -1.63. The zero-order valence-corrected chi connectivity index (χ0v) is 11.2. The Morgan fingerprint density at radius 1 is 1.33 bits per heavy atom. The molecule has 0 unspecified atom stereocenters. The van der Waals surface area contributed by atoms with Gasteiger partial charge in [-0.05, 0) is 13.8 Å². The molecule has 0 fully saturated rings. The van der Waals surface area contributed by atoms with Crippen LogP contribution in [0, 0.1) is 0 Å². The van der Waals surface area contributed by atoms with Gasteiger partial charge >= 0.3 is 11.9 Å². The Kier molecular flexibility index (Phi) is 6.13. The minimum absolute atomic E-state index is 0.257. The van der Waals surface area contributed by atoms with Gasteiger partial charge in [-0.3, -0.25) is 4.79 Å². The molecule has 18 heavy (non-hydrogen) atoms. The number of ether oxygens (including phenoxy) is 2. The zero-order valence-electron chi connectivity index (χ0n) is 10.4. The molecule has 0 saturated carbocycles. The molecule has 1 N–H and O–H groups in total. The van der Waals surface area contributed by atoms with Crippen LogP contribution in [-0.4, -0.2) is 36.7 Å². The van der Waals surface area contributed by atoms with Crippen molar-refractivity contribution in [1.29, 1.82) is 0 Å². The highest BCUT2D eigenvalue weighted by Gasteiger charge is 2.11. The van der Waals surface area contributed by atoms with Crippen molar-refractivity contribution < 1.29 is 19.1 Å². The van der Waals surface area contributed by atoms with Gasteiger partial charge in [0.25, 0.3) is 0 Å². The quantitative estimate of drug-likeness (QED) is 0.761.